The molecule has 0 radical (unpaired) electrons. The van der Waals surface area contributed by atoms with E-state index in [-0.39, 0.29) is 43.7 Å². The first-order valence-corrected chi connectivity index (χ1v) is 8.84. The number of Topliss-reactive ketones (excluding diaryl/α,β-unsaturated/α-hetero) is 2. The summed E-state index contributed by atoms with van der Waals surface area (Å²) in [5.74, 6) is 1.09. The van der Waals surface area contributed by atoms with Crippen molar-refractivity contribution in [2.24, 2.45) is 0 Å². The monoisotopic (exact) mass is 371 g/mol. The van der Waals surface area contributed by atoms with Gasteiger partial charge >= 0.3 is 0 Å². The Balaban J connectivity index is 1.41. The first-order chi connectivity index (χ1) is 13.0. The second kappa shape index (κ2) is 8.77. The third-order valence-electron chi connectivity index (χ3n) is 4.31. The number of carbonyl (C=O) groups excluding carboxylic acids is 2. The van der Waals surface area contributed by atoms with E-state index < -0.39 is 0 Å². The summed E-state index contributed by atoms with van der Waals surface area (Å²) >= 11 is 0. The van der Waals surface area contributed by atoms with Gasteiger partial charge in [0.05, 0.1) is 13.1 Å². The van der Waals surface area contributed by atoms with Gasteiger partial charge in [-0.3, -0.25) is 14.5 Å². The number of carbonyl (C=O) groups is 2. The van der Waals surface area contributed by atoms with E-state index in [1.54, 1.807) is 24.1 Å². The van der Waals surface area contributed by atoms with Crippen LogP contribution in [0, 0.1) is 5.82 Å². The molecule has 1 aliphatic rings. The Morgan fingerprint density at radius 1 is 1.00 bits per heavy atom. The number of halogens is 1. The second-order valence-electron chi connectivity index (χ2n) is 6.74. The van der Waals surface area contributed by atoms with Gasteiger partial charge in [0.15, 0.2) is 17.3 Å². The number of fused-ring (bicyclic) bond motifs is 1. The highest BCUT2D eigenvalue weighted by atomic mass is 19.1. The Labute approximate surface area is 157 Å². The minimum Gasteiger partial charge on any atom is -0.454 e. The van der Waals surface area contributed by atoms with Crippen molar-refractivity contribution in [2.45, 2.75) is 19.3 Å². The number of rotatable bonds is 9. The third-order valence-corrected chi connectivity index (χ3v) is 4.31. The molecule has 3 rings (SSSR count). The van der Waals surface area contributed by atoms with Gasteiger partial charge in [-0.2, -0.15) is 0 Å². The lowest BCUT2D eigenvalue weighted by Crippen LogP contribution is -2.32. The van der Waals surface area contributed by atoms with Crippen LogP contribution in [0.15, 0.2) is 42.5 Å². The van der Waals surface area contributed by atoms with Gasteiger partial charge in [0.1, 0.15) is 11.6 Å². The molecule has 0 unspecified atom stereocenters. The van der Waals surface area contributed by atoms with E-state index in [0.717, 1.165) is 11.3 Å². The predicted molar refractivity (Wildman–Crippen MR) is 98.5 cm³/mol. The van der Waals surface area contributed by atoms with E-state index in [2.05, 4.69) is 0 Å². The molecule has 0 amide bonds. The van der Waals surface area contributed by atoms with Crippen molar-refractivity contribution in [3.63, 3.8) is 0 Å². The molecule has 2 aromatic carbocycles. The van der Waals surface area contributed by atoms with Crippen molar-refractivity contribution in [1.82, 2.24) is 4.90 Å². The molecule has 27 heavy (non-hydrogen) atoms. The standard InChI is InChI=1S/C21H22FNO4/c1-23(13-19(25)10-16-3-2-4-17(22)9-16)12-18(24)7-5-15-6-8-20-21(11-15)27-14-26-20/h2-4,6,8-9,11H,5,7,10,12-14H2,1H3. The molecule has 2 aromatic rings. The summed E-state index contributed by atoms with van der Waals surface area (Å²) < 4.78 is 23.8. The van der Waals surface area contributed by atoms with Gasteiger partial charge in [0.2, 0.25) is 6.79 Å². The van der Waals surface area contributed by atoms with Gasteiger partial charge in [-0.15, -0.1) is 0 Å². The highest BCUT2D eigenvalue weighted by Gasteiger charge is 2.15. The van der Waals surface area contributed by atoms with Gasteiger partial charge in [-0.1, -0.05) is 18.2 Å². The Bertz CT molecular complexity index is 837. The molecule has 0 bridgehead atoms. The SMILES string of the molecule is CN(CC(=O)CCc1ccc2c(c1)OCO2)CC(=O)Cc1cccc(F)c1. The van der Waals surface area contributed by atoms with Gasteiger partial charge in [0.25, 0.3) is 0 Å². The summed E-state index contributed by atoms with van der Waals surface area (Å²) in [7, 11) is 1.74. The molecule has 0 saturated carbocycles. The fourth-order valence-corrected chi connectivity index (χ4v) is 3.05. The average Bonchev–Trinajstić information content (AvgIpc) is 3.07. The minimum atomic E-state index is -0.354. The van der Waals surface area contributed by atoms with Crippen LogP contribution in [0.1, 0.15) is 17.5 Å². The number of ketones is 2. The van der Waals surface area contributed by atoms with E-state index in [1.807, 2.05) is 18.2 Å². The van der Waals surface area contributed by atoms with Crippen molar-refractivity contribution in [1.29, 1.82) is 0 Å². The zero-order valence-corrected chi connectivity index (χ0v) is 15.2. The van der Waals surface area contributed by atoms with Crippen molar-refractivity contribution < 1.29 is 23.5 Å². The zero-order chi connectivity index (χ0) is 19.2. The van der Waals surface area contributed by atoms with Crippen LogP contribution in [-0.2, 0) is 22.4 Å². The summed E-state index contributed by atoms with van der Waals surface area (Å²) in [6.45, 7) is 0.595. The Morgan fingerprint density at radius 2 is 1.78 bits per heavy atom. The summed E-state index contributed by atoms with van der Waals surface area (Å²) in [5, 5.41) is 0. The quantitative estimate of drug-likeness (QED) is 0.678. The molecule has 0 spiro atoms. The minimum absolute atomic E-state index is 0.0494. The topological polar surface area (TPSA) is 55.8 Å². The number of hydrogen-bond donors (Lipinski definition) is 0. The lowest BCUT2D eigenvalue weighted by atomic mass is 10.1. The van der Waals surface area contributed by atoms with Crippen LogP contribution in [0.4, 0.5) is 4.39 Å². The van der Waals surface area contributed by atoms with Crippen LogP contribution < -0.4 is 9.47 Å². The molecule has 5 nitrogen and oxygen atoms in total. The summed E-state index contributed by atoms with van der Waals surface area (Å²) in [4.78, 5) is 26.0. The first-order valence-electron chi connectivity index (χ1n) is 8.84. The molecule has 0 saturated heterocycles. The van der Waals surface area contributed by atoms with E-state index in [4.69, 9.17) is 9.47 Å². The smallest absolute Gasteiger partial charge is 0.231 e. The molecule has 142 valence electrons. The van der Waals surface area contributed by atoms with Crippen LogP contribution >= 0.6 is 0 Å². The van der Waals surface area contributed by atoms with Crippen LogP contribution in [-0.4, -0.2) is 43.4 Å². The lowest BCUT2D eigenvalue weighted by molar-refractivity contribution is -0.122. The fourth-order valence-electron chi connectivity index (χ4n) is 3.05. The summed E-state index contributed by atoms with van der Waals surface area (Å²) in [6.07, 6.45) is 1.16. The number of nitrogens with zero attached hydrogens (tertiary/aromatic N) is 1. The van der Waals surface area contributed by atoms with Crippen molar-refractivity contribution >= 4 is 11.6 Å². The predicted octanol–water partition coefficient (Wildman–Crippen LogP) is 2.80. The van der Waals surface area contributed by atoms with Gasteiger partial charge in [-0.05, 0) is 48.9 Å². The zero-order valence-electron chi connectivity index (χ0n) is 15.2. The molecule has 0 fully saturated rings. The maximum Gasteiger partial charge on any atom is 0.231 e. The summed E-state index contributed by atoms with van der Waals surface area (Å²) in [6, 6.07) is 11.7. The molecule has 1 aliphatic heterocycles. The highest BCUT2D eigenvalue weighted by Crippen LogP contribution is 2.32. The molecular weight excluding hydrogens is 349 g/mol. The third kappa shape index (κ3) is 5.62. The Kier molecular flexibility index (Phi) is 6.19. The van der Waals surface area contributed by atoms with E-state index >= 15 is 0 Å². The largest absolute Gasteiger partial charge is 0.454 e. The summed E-state index contributed by atoms with van der Waals surface area (Å²) in [5.41, 5.74) is 1.65. The maximum atomic E-state index is 13.2. The second-order valence-corrected chi connectivity index (χ2v) is 6.74. The molecule has 1 heterocycles. The van der Waals surface area contributed by atoms with Crippen molar-refractivity contribution in [3.8, 4) is 11.5 Å². The first kappa shape index (κ1) is 19.0. The fraction of sp³-hybridized carbons (Fsp3) is 0.333. The van der Waals surface area contributed by atoms with Gasteiger partial charge in [0, 0.05) is 12.8 Å². The number of aryl methyl sites for hydroxylation is 1. The van der Waals surface area contributed by atoms with Crippen LogP contribution in [0.3, 0.4) is 0 Å². The molecule has 0 N–H and O–H groups in total. The highest BCUT2D eigenvalue weighted by molar-refractivity contribution is 5.84. The molecule has 6 heteroatoms. The van der Waals surface area contributed by atoms with Gasteiger partial charge < -0.3 is 9.47 Å². The van der Waals surface area contributed by atoms with Crippen molar-refractivity contribution in [3.05, 3.63) is 59.4 Å². The lowest BCUT2D eigenvalue weighted by Gasteiger charge is -2.15. The normalized spacial score (nSPS) is 12.4. The van der Waals surface area contributed by atoms with E-state index in [1.165, 1.54) is 12.1 Å². The van der Waals surface area contributed by atoms with Gasteiger partial charge in [-0.25, -0.2) is 4.39 Å². The van der Waals surface area contributed by atoms with Crippen LogP contribution in [0.5, 0.6) is 11.5 Å². The maximum absolute atomic E-state index is 13.2. The van der Waals surface area contributed by atoms with Crippen molar-refractivity contribution in [2.75, 3.05) is 26.9 Å². The van der Waals surface area contributed by atoms with E-state index in [9.17, 15) is 14.0 Å². The Morgan fingerprint density at radius 3 is 2.59 bits per heavy atom. The molecule has 0 aliphatic carbocycles. The van der Waals surface area contributed by atoms with Crippen LogP contribution in [0.25, 0.3) is 0 Å². The number of hydrogen-bond acceptors (Lipinski definition) is 5. The molecule has 0 atom stereocenters. The van der Waals surface area contributed by atoms with Crippen LogP contribution in [0.2, 0.25) is 0 Å². The number of benzene rings is 2. The molecule has 0 aromatic heterocycles. The Hall–Kier alpha value is -2.73. The molecular formula is C21H22FNO4. The average molecular weight is 371 g/mol. The number of ether oxygens (including phenoxy) is 2. The van der Waals surface area contributed by atoms with E-state index in [0.29, 0.717) is 24.2 Å². The number of likely N-dealkylation sites (N-methyl/N-ethyl adjacent to an activating group) is 1.